The van der Waals surface area contributed by atoms with E-state index in [4.69, 9.17) is 4.52 Å². The maximum Gasteiger partial charge on any atom is 0.332 e. The highest BCUT2D eigenvalue weighted by Crippen LogP contribution is 2.08. The summed E-state index contributed by atoms with van der Waals surface area (Å²) >= 11 is 0. The van der Waals surface area contributed by atoms with E-state index in [-0.39, 0.29) is 5.56 Å². The first kappa shape index (κ1) is 20.0. The quantitative estimate of drug-likeness (QED) is 0.519. The average molecular weight is 389 g/mol. The molecule has 0 radical (unpaired) electrons. The minimum Gasteiger partial charge on any atom is -0.339 e. The van der Waals surface area contributed by atoms with Gasteiger partial charge in [-0.15, -0.1) is 0 Å². The number of fused-ring (bicyclic) bond motifs is 1. The first-order valence-corrected chi connectivity index (χ1v) is 9.60. The summed E-state index contributed by atoms with van der Waals surface area (Å²) in [6.07, 6.45) is 3.80. The van der Waals surface area contributed by atoms with E-state index in [0.717, 1.165) is 37.0 Å². The predicted molar refractivity (Wildman–Crippen MR) is 104 cm³/mol. The lowest BCUT2D eigenvalue weighted by Gasteiger charge is -2.16. The fourth-order valence-electron chi connectivity index (χ4n) is 3.27. The van der Waals surface area contributed by atoms with Crippen molar-refractivity contribution in [2.75, 3.05) is 19.6 Å². The number of nitrogens with zero attached hydrogens (tertiary/aromatic N) is 7. The van der Waals surface area contributed by atoms with Crippen molar-refractivity contribution in [2.45, 2.75) is 39.7 Å². The molecule has 0 N–H and O–H groups in total. The van der Waals surface area contributed by atoms with E-state index in [1.54, 1.807) is 17.9 Å². The molecule has 0 atom stereocenters. The summed E-state index contributed by atoms with van der Waals surface area (Å²) < 4.78 is 9.52. The highest BCUT2D eigenvalue weighted by atomic mass is 16.5. The van der Waals surface area contributed by atoms with Gasteiger partial charge < -0.3 is 14.0 Å². The third-order valence-corrected chi connectivity index (χ3v) is 5.06. The number of hydrogen-bond acceptors (Lipinski definition) is 7. The lowest BCUT2D eigenvalue weighted by Crippen LogP contribution is -2.37. The second kappa shape index (κ2) is 8.51. The lowest BCUT2D eigenvalue weighted by molar-refractivity contribution is 0.291. The van der Waals surface area contributed by atoms with E-state index >= 15 is 0 Å². The van der Waals surface area contributed by atoms with Gasteiger partial charge in [0.25, 0.3) is 5.56 Å². The van der Waals surface area contributed by atoms with Crippen LogP contribution in [0.1, 0.15) is 32.0 Å². The Bertz CT molecular complexity index is 1060. The normalized spacial score (nSPS) is 11.8. The van der Waals surface area contributed by atoms with Crippen LogP contribution in [-0.2, 0) is 33.5 Å². The van der Waals surface area contributed by atoms with Crippen LogP contribution in [0.5, 0.6) is 0 Å². The molecule has 0 spiro atoms. The van der Waals surface area contributed by atoms with Crippen LogP contribution in [0.3, 0.4) is 0 Å². The Balaban J connectivity index is 1.66. The van der Waals surface area contributed by atoms with Crippen LogP contribution in [0.15, 0.2) is 20.4 Å². The molecule has 0 unspecified atom stereocenters. The Morgan fingerprint density at radius 1 is 1.11 bits per heavy atom. The Hall–Kier alpha value is -2.75. The number of aromatic nitrogens is 6. The Morgan fingerprint density at radius 2 is 1.86 bits per heavy atom. The van der Waals surface area contributed by atoms with Gasteiger partial charge in [-0.1, -0.05) is 19.0 Å². The van der Waals surface area contributed by atoms with Crippen LogP contribution in [0.2, 0.25) is 0 Å². The largest absolute Gasteiger partial charge is 0.339 e. The molecule has 28 heavy (non-hydrogen) atoms. The van der Waals surface area contributed by atoms with Gasteiger partial charge in [0, 0.05) is 33.5 Å². The van der Waals surface area contributed by atoms with Crippen LogP contribution >= 0.6 is 0 Å². The first-order valence-electron chi connectivity index (χ1n) is 9.60. The summed E-state index contributed by atoms with van der Waals surface area (Å²) in [7, 11) is 3.07. The Labute approximate surface area is 162 Å². The predicted octanol–water partition coefficient (Wildman–Crippen LogP) is 0.334. The highest BCUT2D eigenvalue weighted by molar-refractivity contribution is 5.69. The molecular weight excluding hydrogens is 362 g/mol. The van der Waals surface area contributed by atoms with Gasteiger partial charge in [-0.2, -0.15) is 4.98 Å². The minimum atomic E-state index is -0.393. The van der Waals surface area contributed by atoms with Crippen LogP contribution < -0.4 is 11.2 Å². The molecule has 10 heteroatoms. The van der Waals surface area contributed by atoms with Crippen LogP contribution in [-0.4, -0.2) is 53.4 Å². The smallest absolute Gasteiger partial charge is 0.332 e. The molecule has 0 saturated carbocycles. The number of imidazole rings is 1. The van der Waals surface area contributed by atoms with Crippen molar-refractivity contribution in [3.63, 3.8) is 0 Å². The summed E-state index contributed by atoms with van der Waals surface area (Å²) in [6.45, 7) is 7.86. The summed E-state index contributed by atoms with van der Waals surface area (Å²) in [5, 5.41) is 4.03. The fourth-order valence-corrected chi connectivity index (χ4v) is 3.27. The van der Waals surface area contributed by atoms with Crippen LogP contribution in [0.25, 0.3) is 11.2 Å². The minimum absolute atomic E-state index is 0.360. The average Bonchev–Trinajstić information content (AvgIpc) is 3.33. The zero-order valence-corrected chi connectivity index (χ0v) is 16.9. The first-order chi connectivity index (χ1) is 13.5. The van der Waals surface area contributed by atoms with Gasteiger partial charge in [0.15, 0.2) is 17.0 Å². The molecule has 0 fully saturated rings. The van der Waals surface area contributed by atoms with Crippen molar-refractivity contribution < 1.29 is 4.52 Å². The molecule has 152 valence electrons. The van der Waals surface area contributed by atoms with Crippen molar-refractivity contribution in [1.82, 2.24) is 33.7 Å². The van der Waals surface area contributed by atoms with Gasteiger partial charge in [-0.3, -0.25) is 13.9 Å². The van der Waals surface area contributed by atoms with Crippen molar-refractivity contribution in [3.8, 4) is 0 Å². The molecule has 0 amide bonds. The fraction of sp³-hybridized carbons (Fsp3) is 0.611. The van der Waals surface area contributed by atoms with E-state index < -0.39 is 5.69 Å². The lowest BCUT2D eigenvalue weighted by atomic mass is 10.3. The van der Waals surface area contributed by atoms with E-state index in [2.05, 4.69) is 33.9 Å². The van der Waals surface area contributed by atoms with E-state index in [9.17, 15) is 9.59 Å². The van der Waals surface area contributed by atoms with Crippen molar-refractivity contribution >= 4 is 11.2 Å². The van der Waals surface area contributed by atoms with Gasteiger partial charge in [0.1, 0.15) is 0 Å². The SMILES string of the molecule is CCN(CC)CCCc1nc(CCn2cnc3c2c(=O)n(C)c(=O)n3C)no1. The molecule has 3 aromatic rings. The maximum absolute atomic E-state index is 12.5. The summed E-state index contributed by atoms with van der Waals surface area (Å²) in [5.41, 5.74) is 0.0157. The van der Waals surface area contributed by atoms with E-state index in [1.807, 2.05) is 0 Å². The standard InChI is InChI=1S/C18H27N7O3/c1-5-24(6-2)10-7-8-14-20-13(21-28-14)9-11-25-12-19-16-15(25)17(26)23(4)18(27)22(16)3/h12H,5-11H2,1-4H3. The number of hydrogen-bond donors (Lipinski definition) is 0. The molecule has 3 heterocycles. The molecule has 0 aliphatic carbocycles. The molecule has 0 saturated heterocycles. The van der Waals surface area contributed by atoms with E-state index in [0.29, 0.717) is 35.8 Å². The van der Waals surface area contributed by atoms with Crippen LogP contribution in [0, 0.1) is 0 Å². The molecule has 0 aromatic carbocycles. The third kappa shape index (κ3) is 3.91. The highest BCUT2D eigenvalue weighted by Gasteiger charge is 2.15. The molecule has 10 nitrogen and oxygen atoms in total. The molecular formula is C18H27N7O3. The molecule has 0 aliphatic heterocycles. The molecule has 0 aliphatic rings. The van der Waals surface area contributed by atoms with Crippen molar-refractivity contribution in [3.05, 3.63) is 38.9 Å². The van der Waals surface area contributed by atoms with Gasteiger partial charge in [0.2, 0.25) is 5.89 Å². The summed E-state index contributed by atoms with van der Waals surface area (Å²) in [6, 6.07) is 0. The van der Waals surface area contributed by atoms with Gasteiger partial charge in [-0.25, -0.2) is 9.78 Å². The topological polar surface area (TPSA) is 104 Å². The Morgan fingerprint density at radius 3 is 2.57 bits per heavy atom. The maximum atomic E-state index is 12.5. The second-order valence-corrected chi connectivity index (χ2v) is 6.80. The zero-order valence-electron chi connectivity index (χ0n) is 16.9. The zero-order chi connectivity index (χ0) is 20.3. The van der Waals surface area contributed by atoms with E-state index in [1.165, 1.54) is 11.6 Å². The van der Waals surface area contributed by atoms with Gasteiger partial charge in [0.05, 0.1) is 6.33 Å². The monoisotopic (exact) mass is 389 g/mol. The van der Waals surface area contributed by atoms with Crippen LogP contribution in [0.4, 0.5) is 0 Å². The third-order valence-electron chi connectivity index (χ3n) is 5.06. The molecule has 3 aromatic heterocycles. The van der Waals surface area contributed by atoms with Gasteiger partial charge in [-0.05, 0) is 26.1 Å². The summed E-state index contributed by atoms with van der Waals surface area (Å²) in [4.78, 5) is 35.5. The molecule has 3 rings (SSSR count). The van der Waals surface area contributed by atoms with Crippen molar-refractivity contribution in [1.29, 1.82) is 0 Å². The second-order valence-electron chi connectivity index (χ2n) is 6.80. The summed E-state index contributed by atoms with van der Waals surface area (Å²) in [5.74, 6) is 1.23. The van der Waals surface area contributed by atoms with Crippen molar-refractivity contribution in [2.24, 2.45) is 14.1 Å². The molecule has 0 bridgehead atoms. The number of aryl methyl sites for hydroxylation is 4. The van der Waals surface area contributed by atoms with Gasteiger partial charge >= 0.3 is 5.69 Å². The Kier molecular flexibility index (Phi) is 6.08. The number of rotatable bonds is 9.